The molecule has 0 radical (unpaired) electrons. The van der Waals surface area contributed by atoms with Gasteiger partial charge in [0.15, 0.2) is 5.89 Å². The van der Waals surface area contributed by atoms with Gasteiger partial charge in [0.25, 0.3) is 0 Å². The minimum absolute atomic E-state index is 0.724. The van der Waals surface area contributed by atoms with Crippen molar-refractivity contribution in [2.75, 3.05) is 6.54 Å². The molecule has 1 aliphatic carbocycles. The summed E-state index contributed by atoms with van der Waals surface area (Å²) in [5, 5.41) is 0. The molecule has 2 rings (SSSR count). The molecule has 1 atom stereocenters. The van der Waals surface area contributed by atoms with Crippen LogP contribution in [0.1, 0.15) is 30.2 Å². The molecule has 1 aromatic heterocycles. The summed E-state index contributed by atoms with van der Waals surface area (Å²) in [5.41, 5.74) is 6.71. The molecule has 72 valence electrons. The van der Waals surface area contributed by atoms with E-state index < -0.39 is 0 Å². The van der Waals surface area contributed by atoms with Crippen molar-refractivity contribution in [1.29, 1.82) is 0 Å². The zero-order valence-electron chi connectivity index (χ0n) is 8.05. The molecule has 1 aromatic rings. The van der Waals surface area contributed by atoms with Gasteiger partial charge in [-0.25, -0.2) is 4.98 Å². The number of nitrogens with zero attached hydrogens (tertiary/aromatic N) is 1. The average molecular weight is 180 g/mol. The Kier molecular flexibility index (Phi) is 2.36. The van der Waals surface area contributed by atoms with E-state index in [4.69, 9.17) is 10.2 Å². The molecule has 13 heavy (non-hydrogen) atoms. The number of fused-ring (bicyclic) bond motifs is 1. The van der Waals surface area contributed by atoms with E-state index in [0.29, 0.717) is 0 Å². The molecule has 0 aliphatic heterocycles. The van der Waals surface area contributed by atoms with Crippen molar-refractivity contribution < 1.29 is 4.42 Å². The van der Waals surface area contributed by atoms with Gasteiger partial charge in [-0.05, 0) is 31.7 Å². The highest BCUT2D eigenvalue weighted by atomic mass is 16.4. The lowest BCUT2D eigenvalue weighted by atomic mass is 9.88. The predicted molar refractivity (Wildman–Crippen MR) is 50.4 cm³/mol. The number of hydrogen-bond donors (Lipinski definition) is 1. The topological polar surface area (TPSA) is 52.0 Å². The van der Waals surface area contributed by atoms with Crippen molar-refractivity contribution in [3.63, 3.8) is 0 Å². The number of nitrogens with two attached hydrogens (primary N) is 1. The van der Waals surface area contributed by atoms with Crippen molar-refractivity contribution in [2.45, 2.75) is 32.6 Å². The summed E-state index contributed by atoms with van der Waals surface area (Å²) < 4.78 is 5.49. The van der Waals surface area contributed by atoms with Crippen LogP contribution in [0.25, 0.3) is 0 Å². The fourth-order valence-electron chi connectivity index (χ4n) is 2.06. The number of hydrogen-bond acceptors (Lipinski definition) is 3. The van der Waals surface area contributed by atoms with Crippen LogP contribution in [0.2, 0.25) is 0 Å². The van der Waals surface area contributed by atoms with E-state index in [1.54, 1.807) is 0 Å². The smallest absolute Gasteiger partial charge is 0.191 e. The predicted octanol–water partition coefficient (Wildman–Crippen LogP) is 1.44. The summed E-state index contributed by atoms with van der Waals surface area (Å²) in [6.45, 7) is 2.70. The maximum atomic E-state index is 5.54. The van der Waals surface area contributed by atoms with Gasteiger partial charge in [0.1, 0.15) is 5.76 Å². The van der Waals surface area contributed by atoms with Gasteiger partial charge in [-0.1, -0.05) is 0 Å². The lowest BCUT2D eigenvalue weighted by molar-refractivity contribution is 0.384. The van der Waals surface area contributed by atoms with Gasteiger partial charge in [-0.3, -0.25) is 0 Å². The number of aryl methyl sites for hydroxylation is 2. The zero-order valence-corrected chi connectivity index (χ0v) is 8.05. The summed E-state index contributed by atoms with van der Waals surface area (Å²) in [7, 11) is 0. The molecule has 0 saturated heterocycles. The summed E-state index contributed by atoms with van der Waals surface area (Å²) in [6, 6.07) is 0. The SMILES string of the molecule is Cc1nc2c(o1)CCC(CCN)C2. The highest BCUT2D eigenvalue weighted by molar-refractivity contribution is 5.14. The Morgan fingerprint density at radius 2 is 2.46 bits per heavy atom. The minimum atomic E-state index is 0.724. The van der Waals surface area contributed by atoms with Gasteiger partial charge in [-0.15, -0.1) is 0 Å². The van der Waals surface area contributed by atoms with Crippen LogP contribution in [0, 0.1) is 12.8 Å². The molecular weight excluding hydrogens is 164 g/mol. The summed E-state index contributed by atoms with van der Waals surface area (Å²) >= 11 is 0. The van der Waals surface area contributed by atoms with Crippen LogP contribution >= 0.6 is 0 Å². The molecule has 1 heterocycles. The van der Waals surface area contributed by atoms with E-state index in [1.165, 1.54) is 12.1 Å². The van der Waals surface area contributed by atoms with Crippen molar-refractivity contribution in [2.24, 2.45) is 11.7 Å². The van der Waals surface area contributed by atoms with E-state index in [2.05, 4.69) is 4.98 Å². The third-order valence-electron chi connectivity index (χ3n) is 2.72. The van der Waals surface area contributed by atoms with E-state index >= 15 is 0 Å². The van der Waals surface area contributed by atoms with E-state index in [9.17, 15) is 0 Å². The lowest BCUT2D eigenvalue weighted by Crippen LogP contribution is -2.17. The maximum absolute atomic E-state index is 5.54. The molecule has 0 fully saturated rings. The Morgan fingerprint density at radius 3 is 3.23 bits per heavy atom. The molecule has 3 nitrogen and oxygen atoms in total. The molecule has 0 spiro atoms. The fraction of sp³-hybridized carbons (Fsp3) is 0.700. The minimum Gasteiger partial charge on any atom is -0.446 e. The first-order valence-electron chi connectivity index (χ1n) is 4.95. The van der Waals surface area contributed by atoms with Crippen LogP contribution in [0.3, 0.4) is 0 Å². The van der Waals surface area contributed by atoms with E-state index in [0.717, 1.165) is 43.4 Å². The number of oxazole rings is 1. The van der Waals surface area contributed by atoms with Crippen LogP contribution in [0.4, 0.5) is 0 Å². The first-order valence-corrected chi connectivity index (χ1v) is 4.95. The summed E-state index contributed by atoms with van der Waals surface area (Å²) in [5.74, 6) is 2.63. The summed E-state index contributed by atoms with van der Waals surface area (Å²) in [4.78, 5) is 4.38. The van der Waals surface area contributed by atoms with Gasteiger partial charge in [0.05, 0.1) is 5.69 Å². The maximum Gasteiger partial charge on any atom is 0.191 e. The normalized spacial score (nSPS) is 21.5. The third kappa shape index (κ3) is 1.75. The number of rotatable bonds is 2. The molecule has 1 aliphatic rings. The highest BCUT2D eigenvalue weighted by Crippen LogP contribution is 2.27. The molecule has 1 unspecified atom stereocenters. The lowest BCUT2D eigenvalue weighted by Gasteiger charge is -2.18. The van der Waals surface area contributed by atoms with Crippen LogP contribution in [-0.4, -0.2) is 11.5 Å². The molecule has 0 aromatic carbocycles. The monoisotopic (exact) mass is 180 g/mol. The first-order chi connectivity index (χ1) is 6.29. The Labute approximate surface area is 78.3 Å². The van der Waals surface area contributed by atoms with Crippen LogP contribution in [0.5, 0.6) is 0 Å². The molecule has 0 saturated carbocycles. The Hall–Kier alpha value is -0.830. The Balaban J connectivity index is 2.10. The average Bonchev–Trinajstić information content (AvgIpc) is 2.44. The quantitative estimate of drug-likeness (QED) is 0.749. The molecule has 3 heteroatoms. The van der Waals surface area contributed by atoms with Crippen LogP contribution in [0.15, 0.2) is 4.42 Å². The zero-order chi connectivity index (χ0) is 9.26. The Bertz CT molecular complexity index is 293. The molecule has 0 amide bonds. The van der Waals surface area contributed by atoms with Crippen molar-refractivity contribution in [1.82, 2.24) is 4.98 Å². The number of aromatic nitrogens is 1. The standard InChI is InChI=1S/C10H16N2O/c1-7-12-9-6-8(4-5-11)2-3-10(9)13-7/h8H,2-6,11H2,1H3. The van der Waals surface area contributed by atoms with Crippen molar-refractivity contribution in [3.05, 3.63) is 17.3 Å². The van der Waals surface area contributed by atoms with Gasteiger partial charge < -0.3 is 10.2 Å². The summed E-state index contributed by atoms with van der Waals surface area (Å²) in [6.07, 6.45) is 4.43. The van der Waals surface area contributed by atoms with E-state index in [1.807, 2.05) is 6.92 Å². The third-order valence-corrected chi connectivity index (χ3v) is 2.72. The molecule has 0 bridgehead atoms. The van der Waals surface area contributed by atoms with Crippen molar-refractivity contribution in [3.8, 4) is 0 Å². The second-order valence-corrected chi connectivity index (χ2v) is 3.79. The first kappa shape index (κ1) is 8.75. The van der Waals surface area contributed by atoms with Gasteiger partial charge in [0.2, 0.25) is 0 Å². The van der Waals surface area contributed by atoms with Gasteiger partial charge >= 0.3 is 0 Å². The highest BCUT2D eigenvalue weighted by Gasteiger charge is 2.22. The van der Waals surface area contributed by atoms with Crippen LogP contribution in [-0.2, 0) is 12.8 Å². The van der Waals surface area contributed by atoms with E-state index in [-0.39, 0.29) is 0 Å². The largest absolute Gasteiger partial charge is 0.446 e. The van der Waals surface area contributed by atoms with Gasteiger partial charge in [0, 0.05) is 13.3 Å². The molecular formula is C10H16N2O. The second kappa shape index (κ2) is 3.50. The van der Waals surface area contributed by atoms with Gasteiger partial charge in [-0.2, -0.15) is 0 Å². The van der Waals surface area contributed by atoms with Crippen LogP contribution < -0.4 is 5.73 Å². The second-order valence-electron chi connectivity index (χ2n) is 3.79. The fourth-order valence-corrected chi connectivity index (χ4v) is 2.06. The molecule has 2 N–H and O–H groups in total. The van der Waals surface area contributed by atoms with Crippen molar-refractivity contribution >= 4 is 0 Å². The Morgan fingerprint density at radius 1 is 1.62 bits per heavy atom.